The maximum atomic E-state index is 13.5. The van der Waals surface area contributed by atoms with E-state index in [1.165, 1.54) is 34.6 Å². The number of aryl methyl sites for hydroxylation is 2. The Bertz CT molecular complexity index is 1200. The van der Waals surface area contributed by atoms with Crippen molar-refractivity contribution in [3.63, 3.8) is 0 Å². The van der Waals surface area contributed by atoms with E-state index < -0.39 is 22.7 Å². The molecule has 4 rings (SSSR count). The van der Waals surface area contributed by atoms with E-state index in [-0.39, 0.29) is 11.9 Å². The minimum absolute atomic E-state index is 0.244. The first-order valence-corrected chi connectivity index (χ1v) is 13.5. The zero-order valence-corrected chi connectivity index (χ0v) is 21.4. The topological polar surface area (TPSA) is 41.6 Å². The summed E-state index contributed by atoms with van der Waals surface area (Å²) in [4.78, 5) is 3.11. The molecule has 2 aromatic carbocycles. The van der Waals surface area contributed by atoms with E-state index in [9.17, 15) is 17.4 Å². The lowest BCUT2D eigenvalue weighted by Crippen LogP contribution is -2.23. The van der Waals surface area contributed by atoms with E-state index in [1.54, 1.807) is 17.8 Å². The molecule has 0 aliphatic carbocycles. The molecule has 182 valence electrons. The Balaban J connectivity index is 1.48. The number of nitrogens with one attached hydrogen (secondary N) is 1. The number of thiophene rings is 1. The van der Waals surface area contributed by atoms with Gasteiger partial charge in [0.2, 0.25) is 0 Å². The maximum absolute atomic E-state index is 13.5. The molecule has 1 saturated heterocycles. The van der Waals surface area contributed by atoms with Gasteiger partial charge in [-0.25, -0.2) is 4.21 Å². The van der Waals surface area contributed by atoms with Crippen molar-refractivity contribution in [2.45, 2.75) is 45.9 Å². The summed E-state index contributed by atoms with van der Waals surface area (Å²) in [5.41, 5.74) is 1.91. The molecule has 0 bridgehead atoms. The SMILES string of the molecule is Cc1ccc(Sc2ccc(S(=O)Nc3ccc(C(F)(F)F)c(O[C@@H]4CCN(C)C4)c3)s2)cc1C. The zero-order valence-electron chi connectivity index (χ0n) is 18.9. The first-order valence-electron chi connectivity index (χ1n) is 10.7. The average Bonchev–Trinajstić information content (AvgIpc) is 3.39. The van der Waals surface area contributed by atoms with E-state index in [4.69, 9.17) is 4.74 Å². The predicted octanol–water partition coefficient (Wildman–Crippen LogP) is 6.75. The van der Waals surface area contributed by atoms with Gasteiger partial charge in [0.1, 0.15) is 16.1 Å². The fourth-order valence-corrected chi connectivity index (χ4v) is 7.02. The number of halogens is 3. The Labute approximate surface area is 208 Å². The van der Waals surface area contributed by atoms with Gasteiger partial charge in [0.05, 0.1) is 15.5 Å². The van der Waals surface area contributed by atoms with Crippen LogP contribution in [0.5, 0.6) is 5.75 Å². The summed E-state index contributed by atoms with van der Waals surface area (Å²) in [5, 5.41) is 0. The molecule has 34 heavy (non-hydrogen) atoms. The minimum atomic E-state index is -4.54. The number of likely N-dealkylation sites (tertiary alicyclic amines) is 1. The van der Waals surface area contributed by atoms with Crippen LogP contribution in [0.15, 0.2) is 61.8 Å². The van der Waals surface area contributed by atoms with Crippen molar-refractivity contribution in [1.82, 2.24) is 4.90 Å². The Morgan fingerprint density at radius 1 is 1.12 bits per heavy atom. The lowest BCUT2D eigenvalue weighted by Gasteiger charge is -2.19. The van der Waals surface area contributed by atoms with Gasteiger partial charge in [0.15, 0.2) is 11.0 Å². The molecular formula is C24H25F3N2O2S3. The van der Waals surface area contributed by atoms with E-state index in [1.807, 2.05) is 24.1 Å². The first kappa shape index (κ1) is 25.1. The summed E-state index contributed by atoms with van der Waals surface area (Å²) in [6.07, 6.45) is -4.19. The van der Waals surface area contributed by atoms with E-state index in [0.29, 0.717) is 22.9 Å². The molecule has 1 unspecified atom stereocenters. The number of likely N-dealkylation sites (N-methyl/N-ethyl adjacent to an activating group) is 1. The van der Waals surface area contributed by atoms with Crippen LogP contribution in [-0.4, -0.2) is 35.3 Å². The number of hydrogen-bond donors (Lipinski definition) is 1. The Hall–Kier alpha value is -2.01. The standard InChI is InChI=1S/C24H25F3N2O2S3/c1-15-4-6-19(12-16(15)2)32-22-8-9-23(33-22)34(30)28-17-5-7-20(24(25,26)27)21(13-17)31-18-10-11-29(3)14-18/h4-9,12-13,18,28H,10-11,14H2,1-3H3/t18-,34?/m1/s1. The smallest absolute Gasteiger partial charge is 0.419 e. The van der Waals surface area contributed by atoms with Gasteiger partial charge in [-0.05, 0) is 74.8 Å². The fraction of sp³-hybridized carbons (Fsp3) is 0.333. The van der Waals surface area contributed by atoms with Crippen LogP contribution in [0.1, 0.15) is 23.1 Å². The van der Waals surface area contributed by atoms with Gasteiger partial charge in [-0.3, -0.25) is 0 Å². The van der Waals surface area contributed by atoms with Crippen molar-refractivity contribution in [2.75, 3.05) is 24.9 Å². The first-order chi connectivity index (χ1) is 16.1. The highest BCUT2D eigenvalue weighted by molar-refractivity contribution is 8.01. The van der Waals surface area contributed by atoms with Gasteiger partial charge >= 0.3 is 6.18 Å². The van der Waals surface area contributed by atoms with Crippen LogP contribution < -0.4 is 9.46 Å². The Morgan fingerprint density at radius 2 is 1.91 bits per heavy atom. The van der Waals surface area contributed by atoms with E-state index >= 15 is 0 Å². The quantitative estimate of drug-likeness (QED) is 0.370. The summed E-state index contributed by atoms with van der Waals surface area (Å²) in [6.45, 7) is 5.46. The summed E-state index contributed by atoms with van der Waals surface area (Å²) in [5.74, 6) is -0.244. The number of ether oxygens (including phenoxy) is 1. The lowest BCUT2D eigenvalue weighted by molar-refractivity contribution is -0.139. The zero-order chi connectivity index (χ0) is 24.5. The van der Waals surface area contributed by atoms with Crippen LogP contribution in [0.2, 0.25) is 0 Å². The van der Waals surface area contributed by atoms with Crippen molar-refractivity contribution < 1.29 is 22.1 Å². The van der Waals surface area contributed by atoms with Crippen molar-refractivity contribution in [3.05, 3.63) is 65.2 Å². The van der Waals surface area contributed by atoms with Crippen molar-refractivity contribution >= 4 is 39.8 Å². The highest BCUT2D eigenvalue weighted by Crippen LogP contribution is 2.39. The summed E-state index contributed by atoms with van der Waals surface area (Å²) < 4.78 is 63.5. The third kappa shape index (κ3) is 6.16. The largest absolute Gasteiger partial charge is 0.488 e. The van der Waals surface area contributed by atoms with Gasteiger partial charge < -0.3 is 14.4 Å². The Kier molecular flexibility index (Phi) is 7.61. The summed E-state index contributed by atoms with van der Waals surface area (Å²) in [7, 11) is 0.290. The maximum Gasteiger partial charge on any atom is 0.419 e. The molecule has 0 amide bonds. The second-order valence-corrected chi connectivity index (χ2v) is 12.2. The third-order valence-corrected chi connectivity index (χ3v) is 9.20. The van der Waals surface area contributed by atoms with Gasteiger partial charge in [0, 0.05) is 24.1 Å². The van der Waals surface area contributed by atoms with Gasteiger partial charge in [-0.1, -0.05) is 17.8 Å². The van der Waals surface area contributed by atoms with Crippen molar-refractivity contribution in [2.24, 2.45) is 0 Å². The van der Waals surface area contributed by atoms with Gasteiger partial charge in [0.25, 0.3) is 0 Å². The molecule has 2 atom stereocenters. The lowest BCUT2D eigenvalue weighted by atomic mass is 10.1. The number of nitrogens with zero attached hydrogens (tertiary/aromatic N) is 1. The number of rotatable bonds is 7. The molecule has 1 aliphatic heterocycles. The molecule has 1 fully saturated rings. The van der Waals surface area contributed by atoms with Crippen LogP contribution in [0, 0.1) is 13.8 Å². The van der Waals surface area contributed by atoms with Crippen LogP contribution in [0.25, 0.3) is 0 Å². The van der Waals surface area contributed by atoms with Crippen LogP contribution in [0.4, 0.5) is 18.9 Å². The highest BCUT2D eigenvalue weighted by Gasteiger charge is 2.35. The number of hydrogen-bond acceptors (Lipinski definition) is 5. The van der Waals surface area contributed by atoms with Gasteiger partial charge in [-0.2, -0.15) is 13.2 Å². The normalized spacial score (nSPS) is 17.6. The van der Waals surface area contributed by atoms with Crippen molar-refractivity contribution in [1.29, 1.82) is 0 Å². The second kappa shape index (κ2) is 10.3. The minimum Gasteiger partial charge on any atom is -0.488 e. The van der Waals surface area contributed by atoms with E-state index in [0.717, 1.165) is 21.7 Å². The highest BCUT2D eigenvalue weighted by atomic mass is 32.2. The van der Waals surface area contributed by atoms with Crippen LogP contribution >= 0.6 is 23.1 Å². The molecular weight excluding hydrogens is 501 g/mol. The average molecular weight is 527 g/mol. The summed E-state index contributed by atoms with van der Waals surface area (Å²) >= 11 is 2.97. The molecule has 2 heterocycles. The van der Waals surface area contributed by atoms with Crippen LogP contribution in [-0.2, 0) is 17.2 Å². The molecule has 1 N–H and O–H groups in total. The van der Waals surface area contributed by atoms with Gasteiger partial charge in [-0.15, -0.1) is 11.3 Å². The van der Waals surface area contributed by atoms with Crippen LogP contribution in [0.3, 0.4) is 0 Å². The van der Waals surface area contributed by atoms with Crippen molar-refractivity contribution in [3.8, 4) is 5.75 Å². The molecule has 0 spiro atoms. The summed E-state index contributed by atoms with van der Waals surface area (Å²) in [6, 6.07) is 13.4. The monoisotopic (exact) mass is 526 g/mol. The predicted molar refractivity (Wildman–Crippen MR) is 132 cm³/mol. The fourth-order valence-electron chi connectivity index (χ4n) is 3.60. The number of anilines is 1. The third-order valence-electron chi connectivity index (χ3n) is 5.58. The molecule has 1 aromatic heterocycles. The molecule has 3 aromatic rings. The molecule has 10 heteroatoms. The number of benzene rings is 2. The molecule has 1 aliphatic rings. The number of alkyl halides is 3. The second-order valence-electron chi connectivity index (χ2n) is 8.29. The molecule has 0 radical (unpaired) electrons. The molecule has 0 saturated carbocycles. The Morgan fingerprint density at radius 3 is 2.59 bits per heavy atom. The molecule has 4 nitrogen and oxygen atoms in total. The van der Waals surface area contributed by atoms with E-state index in [2.05, 4.69) is 30.7 Å².